The lowest BCUT2D eigenvalue weighted by molar-refractivity contribution is 0.695. The molecule has 0 aromatic heterocycles. The summed E-state index contributed by atoms with van der Waals surface area (Å²) in [4.78, 5) is 0. The molecule has 1 rings (SSSR count). The molecule has 0 aromatic carbocycles. The van der Waals surface area contributed by atoms with E-state index in [1.54, 1.807) is 11.1 Å². The first-order valence-electron chi connectivity index (χ1n) is 5.48. The highest BCUT2D eigenvalue weighted by Crippen LogP contribution is 2.27. The van der Waals surface area contributed by atoms with Crippen molar-refractivity contribution >= 4 is 0 Å². The first-order valence-corrected chi connectivity index (χ1v) is 5.48. The molecule has 0 spiro atoms. The summed E-state index contributed by atoms with van der Waals surface area (Å²) in [5, 5.41) is 0. The second kappa shape index (κ2) is 6.01. The molecule has 0 heterocycles. The third-order valence-corrected chi connectivity index (χ3v) is 2.61. The maximum atomic E-state index is 2.36. The Balaban J connectivity index is 0.000000671. The van der Waals surface area contributed by atoms with Crippen LogP contribution >= 0.6 is 0 Å². The van der Waals surface area contributed by atoms with Crippen LogP contribution in [-0.4, -0.2) is 0 Å². The quantitative estimate of drug-likeness (QED) is 0.547. The van der Waals surface area contributed by atoms with Crippen molar-refractivity contribution < 1.29 is 0 Å². The molecular formula is C13H24. The lowest BCUT2D eigenvalue weighted by Crippen LogP contribution is -2.00. The Morgan fingerprint density at radius 3 is 2.00 bits per heavy atom. The van der Waals surface area contributed by atoms with Gasteiger partial charge in [0.05, 0.1) is 0 Å². The van der Waals surface area contributed by atoms with Gasteiger partial charge in [0, 0.05) is 0 Å². The highest BCUT2D eigenvalue weighted by molar-refractivity contribution is 5.31. The average Bonchev–Trinajstić information content (AvgIpc) is 2.13. The van der Waals surface area contributed by atoms with Crippen LogP contribution in [0.2, 0.25) is 0 Å². The zero-order chi connectivity index (χ0) is 10.4. The van der Waals surface area contributed by atoms with E-state index in [2.05, 4.69) is 33.8 Å². The largest absolute Gasteiger partial charge is 0.0701 e. The third kappa shape index (κ3) is 3.80. The van der Waals surface area contributed by atoms with Crippen LogP contribution in [0.15, 0.2) is 22.8 Å². The Labute approximate surface area is 83.7 Å². The highest BCUT2D eigenvalue weighted by Gasteiger charge is 2.09. The first-order chi connectivity index (χ1) is 6.11. The minimum Gasteiger partial charge on any atom is -0.0701 e. The maximum absolute atomic E-state index is 2.36. The molecule has 0 unspecified atom stereocenters. The number of hydrogen-bond donors (Lipinski definition) is 0. The molecule has 0 saturated heterocycles. The Morgan fingerprint density at radius 1 is 1.08 bits per heavy atom. The van der Waals surface area contributed by atoms with Gasteiger partial charge < -0.3 is 0 Å². The van der Waals surface area contributed by atoms with E-state index in [1.165, 1.54) is 18.4 Å². The van der Waals surface area contributed by atoms with Crippen molar-refractivity contribution in [1.82, 2.24) is 0 Å². The molecule has 0 aliphatic heterocycles. The normalized spacial score (nSPS) is 16.7. The van der Waals surface area contributed by atoms with E-state index < -0.39 is 0 Å². The minimum absolute atomic E-state index is 0.734. The van der Waals surface area contributed by atoms with Gasteiger partial charge in [0.25, 0.3) is 0 Å². The highest BCUT2D eigenvalue weighted by atomic mass is 14.1. The molecule has 0 atom stereocenters. The van der Waals surface area contributed by atoms with Crippen molar-refractivity contribution in [3.8, 4) is 0 Å². The molecule has 1 aliphatic rings. The van der Waals surface area contributed by atoms with E-state index in [0.717, 1.165) is 5.92 Å². The van der Waals surface area contributed by atoms with E-state index in [9.17, 15) is 0 Å². The molecule has 13 heavy (non-hydrogen) atoms. The zero-order valence-electron chi connectivity index (χ0n) is 10.1. The molecule has 0 heteroatoms. The van der Waals surface area contributed by atoms with Crippen molar-refractivity contribution in [2.24, 2.45) is 5.92 Å². The van der Waals surface area contributed by atoms with Gasteiger partial charge in [-0.1, -0.05) is 50.5 Å². The van der Waals surface area contributed by atoms with Crippen LogP contribution in [0.1, 0.15) is 54.4 Å². The average molecular weight is 180 g/mol. The smallest absolute Gasteiger partial charge is 0.0257 e. The van der Waals surface area contributed by atoms with Crippen LogP contribution in [0.25, 0.3) is 0 Å². The van der Waals surface area contributed by atoms with Crippen LogP contribution in [0, 0.1) is 5.92 Å². The Kier molecular flexibility index (Phi) is 5.77. The fraction of sp³-hybridized carbons (Fsp3) is 0.692. The Bertz CT molecular complexity index is 204. The molecule has 0 saturated carbocycles. The predicted molar refractivity (Wildman–Crippen MR) is 61.9 cm³/mol. The number of rotatable bonds is 1. The van der Waals surface area contributed by atoms with Crippen molar-refractivity contribution in [2.75, 3.05) is 0 Å². The van der Waals surface area contributed by atoms with Gasteiger partial charge in [0.15, 0.2) is 0 Å². The second-order valence-electron chi connectivity index (χ2n) is 3.84. The van der Waals surface area contributed by atoms with E-state index in [1.807, 2.05) is 13.8 Å². The van der Waals surface area contributed by atoms with Gasteiger partial charge in [0.1, 0.15) is 0 Å². The molecule has 1 aliphatic carbocycles. The van der Waals surface area contributed by atoms with E-state index in [4.69, 9.17) is 0 Å². The van der Waals surface area contributed by atoms with Gasteiger partial charge in [0.2, 0.25) is 0 Å². The van der Waals surface area contributed by atoms with Crippen molar-refractivity contribution in [2.45, 2.75) is 54.4 Å². The summed E-state index contributed by atoms with van der Waals surface area (Å²) >= 11 is 0. The number of hydrogen-bond acceptors (Lipinski definition) is 0. The number of allylic oxidation sites excluding steroid dienone is 4. The van der Waals surface area contributed by atoms with Crippen molar-refractivity contribution in [3.63, 3.8) is 0 Å². The van der Waals surface area contributed by atoms with Gasteiger partial charge in [-0.05, 0) is 32.6 Å². The van der Waals surface area contributed by atoms with E-state index in [-0.39, 0.29) is 0 Å². The summed E-state index contributed by atoms with van der Waals surface area (Å²) in [7, 11) is 0. The SMILES string of the molecule is CC.CC1=C(C)CCC(C(C)C)=C1. The summed E-state index contributed by atoms with van der Waals surface area (Å²) in [6.07, 6.45) is 4.92. The van der Waals surface area contributed by atoms with Gasteiger partial charge in [-0.15, -0.1) is 0 Å². The van der Waals surface area contributed by atoms with Gasteiger partial charge in [-0.2, -0.15) is 0 Å². The Morgan fingerprint density at radius 2 is 1.62 bits per heavy atom. The third-order valence-electron chi connectivity index (χ3n) is 2.61. The van der Waals surface area contributed by atoms with Crippen LogP contribution in [-0.2, 0) is 0 Å². The second-order valence-corrected chi connectivity index (χ2v) is 3.84. The monoisotopic (exact) mass is 180 g/mol. The van der Waals surface area contributed by atoms with Crippen LogP contribution < -0.4 is 0 Å². The molecular weight excluding hydrogens is 156 g/mol. The molecule has 0 amide bonds. The van der Waals surface area contributed by atoms with Crippen LogP contribution in [0.5, 0.6) is 0 Å². The molecule has 0 nitrogen and oxygen atoms in total. The minimum atomic E-state index is 0.734. The topological polar surface area (TPSA) is 0 Å². The molecule has 0 aromatic rings. The zero-order valence-corrected chi connectivity index (χ0v) is 10.1. The van der Waals surface area contributed by atoms with Gasteiger partial charge in [-0.25, -0.2) is 0 Å². The summed E-state index contributed by atoms with van der Waals surface area (Å²) < 4.78 is 0. The fourth-order valence-electron chi connectivity index (χ4n) is 1.46. The maximum Gasteiger partial charge on any atom is -0.0257 e. The van der Waals surface area contributed by atoms with E-state index in [0.29, 0.717) is 0 Å². The molecule has 0 bridgehead atoms. The van der Waals surface area contributed by atoms with Gasteiger partial charge >= 0.3 is 0 Å². The first kappa shape index (κ1) is 12.5. The fourth-order valence-corrected chi connectivity index (χ4v) is 1.46. The summed E-state index contributed by atoms with van der Waals surface area (Å²) in [5.41, 5.74) is 4.67. The summed E-state index contributed by atoms with van der Waals surface area (Å²) in [6, 6.07) is 0. The molecule has 0 radical (unpaired) electrons. The van der Waals surface area contributed by atoms with Crippen molar-refractivity contribution in [1.29, 1.82) is 0 Å². The van der Waals surface area contributed by atoms with Crippen molar-refractivity contribution in [3.05, 3.63) is 22.8 Å². The van der Waals surface area contributed by atoms with Crippen LogP contribution in [0.4, 0.5) is 0 Å². The molecule has 0 fully saturated rings. The molecule has 0 N–H and O–H groups in total. The lowest BCUT2D eigenvalue weighted by atomic mass is 9.88. The predicted octanol–water partition coefficient (Wildman–Crippen LogP) is 4.73. The Hall–Kier alpha value is -0.520. The van der Waals surface area contributed by atoms with Gasteiger partial charge in [-0.3, -0.25) is 0 Å². The van der Waals surface area contributed by atoms with E-state index >= 15 is 0 Å². The standard InChI is InChI=1S/C11H18.C2H6/c1-8(2)11-6-5-9(3)10(4)7-11;1-2/h7-8H,5-6H2,1-4H3;1-2H3. The summed E-state index contributed by atoms with van der Waals surface area (Å²) in [6.45, 7) is 13.0. The molecule has 76 valence electrons. The summed E-state index contributed by atoms with van der Waals surface area (Å²) in [5.74, 6) is 0.734. The van der Waals surface area contributed by atoms with Crippen LogP contribution in [0.3, 0.4) is 0 Å². The lowest BCUT2D eigenvalue weighted by Gasteiger charge is -2.18.